The Morgan fingerprint density at radius 3 is 2.05 bits per heavy atom. The second-order valence-corrected chi connectivity index (χ2v) is 4.16. The highest BCUT2D eigenvalue weighted by molar-refractivity contribution is 6.07. The molecule has 0 aliphatic rings. The van der Waals surface area contributed by atoms with Crippen LogP contribution in [0.5, 0.6) is 0 Å². The van der Waals surface area contributed by atoms with Gasteiger partial charge in [0.25, 0.3) is 5.91 Å². The molecule has 2 aromatic carbocycles. The van der Waals surface area contributed by atoms with Crippen LogP contribution < -0.4 is 5.32 Å². The van der Waals surface area contributed by atoms with E-state index in [1.54, 1.807) is 31.2 Å². The van der Waals surface area contributed by atoms with Crippen LogP contribution in [0.2, 0.25) is 0 Å². The van der Waals surface area contributed by atoms with Gasteiger partial charge in [0.15, 0.2) is 0 Å². The molecule has 0 fully saturated rings. The standard InChI is InChI=1S/C16H15NO2/c1-12(15(18)13-8-4-2-5-9-13)16(19)17-14-10-6-3-7-11-14/h2-11,18H,1H3,(H,17,19)/b15-12+. The van der Waals surface area contributed by atoms with E-state index in [1.807, 2.05) is 36.4 Å². The lowest BCUT2D eigenvalue weighted by Crippen LogP contribution is -2.14. The molecule has 19 heavy (non-hydrogen) atoms. The van der Waals surface area contributed by atoms with Crippen LogP contribution in [0.25, 0.3) is 5.76 Å². The smallest absolute Gasteiger partial charge is 0.255 e. The number of anilines is 1. The maximum Gasteiger partial charge on any atom is 0.255 e. The van der Waals surface area contributed by atoms with Gasteiger partial charge < -0.3 is 10.4 Å². The van der Waals surface area contributed by atoms with Crippen molar-refractivity contribution in [2.45, 2.75) is 6.92 Å². The maximum atomic E-state index is 12.0. The third kappa shape index (κ3) is 3.22. The summed E-state index contributed by atoms with van der Waals surface area (Å²) in [6, 6.07) is 18.1. The van der Waals surface area contributed by atoms with Crippen molar-refractivity contribution in [2.75, 3.05) is 5.32 Å². The predicted molar refractivity (Wildman–Crippen MR) is 76.7 cm³/mol. The number of rotatable bonds is 3. The number of nitrogens with one attached hydrogen (secondary N) is 1. The number of aliphatic hydroxyl groups is 1. The van der Waals surface area contributed by atoms with Gasteiger partial charge in [-0.1, -0.05) is 48.5 Å². The van der Waals surface area contributed by atoms with Gasteiger partial charge in [-0.3, -0.25) is 4.79 Å². The lowest BCUT2D eigenvalue weighted by molar-refractivity contribution is -0.112. The maximum absolute atomic E-state index is 12.0. The first-order chi connectivity index (χ1) is 9.18. The highest BCUT2D eigenvalue weighted by atomic mass is 16.3. The van der Waals surface area contributed by atoms with Crippen molar-refractivity contribution in [2.24, 2.45) is 0 Å². The Hall–Kier alpha value is -2.55. The van der Waals surface area contributed by atoms with E-state index in [4.69, 9.17) is 0 Å². The number of benzene rings is 2. The van der Waals surface area contributed by atoms with E-state index >= 15 is 0 Å². The van der Waals surface area contributed by atoms with E-state index in [-0.39, 0.29) is 17.2 Å². The molecule has 0 bridgehead atoms. The molecule has 3 nitrogen and oxygen atoms in total. The molecule has 0 unspecified atom stereocenters. The monoisotopic (exact) mass is 253 g/mol. The molecule has 0 saturated heterocycles. The largest absolute Gasteiger partial charge is 0.507 e. The van der Waals surface area contributed by atoms with Crippen molar-refractivity contribution in [3.05, 3.63) is 71.8 Å². The molecule has 96 valence electrons. The molecule has 0 aromatic heterocycles. The first kappa shape index (κ1) is 12.9. The molecule has 1 amide bonds. The Kier molecular flexibility index (Phi) is 3.98. The van der Waals surface area contributed by atoms with Gasteiger partial charge in [0, 0.05) is 11.3 Å². The Morgan fingerprint density at radius 2 is 1.47 bits per heavy atom. The average Bonchev–Trinajstić information content (AvgIpc) is 2.47. The van der Waals surface area contributed by atoms with Gasteiger partial charge in [-0.25, -0.2) is 0 Å². The fourth-order valence-corrected chi connectivity index (χ4v) is 1.67. The summed E-state index contributed by atoms with van der Waals surface area (Å²) in [5.41, 5.74) is 1.62. The van der Waals surface area contributed by atoms with Crippen molar-refractivity contribution in [1.82, 2.24) is 0 Å². The van der Waals surface area contributed by atoms with Crippen LogP contribution in [0.3, 0.4) is 0 Å². The van der Waals surface area contributed by atoms with Gasteiger partial charge >= 0.3 is 0 Å². The molecule has 0 heterocycles. The lowest BCUT2D eigenvalue weighted by atomic mass is 10.1. The molecule has 2 N–H and O–H groups in total. The molecule has 0 aliphatic heterocycles. The van der Waals surface area contributed by atoms with Gasteiger partial charge in [0.05, 0.1) is 5.57 Å². The minimum Gasteiger partial charge on any atom is -0.507 e. The van der Waals surface area contributed by atoms with E-state index in [9.17, 15) is 9.90 Å². The molecule has 3 heteroatoms. The van der Waals surface area contributed by atoms with Crippen LogP contribution in [-0.4, -0.2) is 11.0 Å². The van der Waals surface area contributed by atoms with E-state index in [1.165, 1.54) is 0 Å². The summed E-state index contributed by atoms with van der Waals surface area (Å²) in [7, 11) is 0. The zero-order chi connectivity index (χ0) is 13.7. The van der Waals surface area contributed by atoms with E-state index in [0.29, 0.717) is 11.3 Å². The molecule has 2 rings (SSSR count). The van der Waals surface area contributed by atoms with Crippen LogP contribution >= 0.6 is 0 Å². The molecule has 0 aliphatic carbocycles. The number of carbonyl (C=O) groups excluding carboxylic acids is 1. The van der Waals surface area contributed by atoms with Gasteiger partial charge in [-0.15, -0.1) is 0 Å². The zero-order valence-electron chi connectivity index (χ0n) is 10.6. The summed E-state index contributed by atoms with van der Waals surface area (Å²) in [6.07, 6.45) is 0. The number of aliphatic hydroxyl groups excluding tert-OH is 1. The Morgan fingerprint density at radius 1 is 0.947 bits per heavy atom. The normalized spacial score (nSPS) is 11.6. The van der Waals surface area contributed by atoms with Gasteiger partial charge in [0.2, 0.25) is 0 Å². The molecule has 0 radical (unpaired) electrons. The molecular weight excluding hydrogens is 238 g/mol. The fraction of sp³-hybridized carbons (Fsp3) is 0.0625. The van der Waals surface area contributed by atoms with Crippen LogP contribution in [0, 0.1) is 0 Å². The van der Waals surface area contributed by atoms with Crippen LogP contribution in [-0.2, 0) is 4.79 Å². The second kappa shape index (κ2) is 5.87. The quantitative estimate of drug-likeness (QED) is 0.648. The van der Waals surface area contributed by atoms with Crippen molar-refractivity contribution in [3.63, 3.8) is 0 Å². The van der Waals surface area contributed by atoms with Gasteiger partial charge in [0.1, 0.15) is 5.76 Å². The zero-order valence-corrected chi connectivity index (χ0v) is 10.6. The van der Waals surface area contributed by atoms with Crippen LogP contribution in [0.1, 0.15) is 12.5 Å². The first-order valence-electron chi connectivity index (χ1n) is 6.00. The summed E-state index contributed by atoms with van der Waals surface area (Å²) in [4.78, 5) is 12.0. The fourth-order valence-electron chi connectivity index (χ4n) is 1.67. The third-order valence-electron chi connectivity index (χ3n) is 2.77. The Bertz CT molecular complexity index is 589. The highest BCUT2D eigenvalue weighted by Gasteiger charge is 2.11. The number of hydrogen-bond acceptors (Lipinski definition) is 2. The van der Waals surface area contributed by atoms with Gasteiger partial charge in [-0.2, -0.15) is 0 Å². The SMILES string of the molecule is C/C(C(=O)Nc1ccccc1)=C(\O)c1ccccc1. The summed E-state index contributed by atoms with van der Waals surface area (Å²) in [5.74, 6) is -0.318. The molecule has 0 spiro atoms. The number of hydrogen-bond donors (Lipinski definition) is 2. The van der Waals surface area contributed by atoms with E-state index < -0.39 is 0 Å². The van der Waals surface area contributed by atoms with Crippen molar-refractivity contribution >= 4 is 17.4 Å². The second-order valence-electron chi connectivity index (χ2n) is 4.16. The molecule has 2 aromatic rings. The summed E-state index contributed by atoms with van der Waals surface area (Å²) >= 11 is 0. The lowest BCUT2D eigenvalue weighted by Gasteiger charge is -2.08. The summed E-state index contributed by atoms with van der Waals surface area (Å²) in [5, 5.41) is 12.8. The minimum atomic E-state index is -0.312. The number of amides is 1. The first-order valence-corrected chi connectivity index (χ1v) is 6.00. The van der Waals surface area contributed by atoms with E-state index in [0.717, 1.165) is 0 Å². The molecule has 0 atom stereocenters. The summed E-state index contributed by atoms with van der Waals surface area (Å²) in [6.45, 7) is 1.60. The summed E-state index contributed by atoms with van der Waals surface area (Å²) < 4.78 is 0. The number of carbonyl (C=O) groups is 1. The number of para-hydroxylation sites is 1. The average molecular weight is 253 g/mol. The minimum absolute atomic E-state index is 0.00553. The predicted octanol–water partition coefficient (Wildman–Crippen LogP) is 3.61. The topological polar surface area (TPSA) is 49.3 Å². The molecule has 0 saturated carbocycles. The van der Waals surface area contributed by atoms with Gasteiger partial charge in [-0.05, 0) is 19.1 Å². The van der Waals surface area contributed by atoms with Crippen molar-refractivity contribution in [1.29, 1.82) is 0 Å². The Balaban J connectivity index is 2.19. The Labute approximate surface area is 112 Å². The van der Waals surface area contributed by atoms with Crippen LogP contribution in [0.4, 0.5) is 5.69 Å². The highest BCUT2D eigenvalue weighted by Crippen LogP contribution is 2.17. The third-order valence-corrected chi connectivity index (χ3v) is 2.77. The van der Waals surface area contributed by atoms with Crippen molar-refractivity contribution < 1.29 is 9.90 Å². The molecular formula is C16H15NO2. The van der Waals surface area contributed by atoms with Crippen molar-refractivity contribution in [3.8, 4) is 0 Å². The van der Waals surface area contributed by atoms with Crippen LogP contribution in [0.15, 0.2) is 66.2 Å². The van der Waals surface area contributed by atoms with E-state index in [2.05, 4.69) is 5.32 Å².